The minimum Gasteiger partial charge on any atom is -0.0778 e. The second-order valence-corrected chi connectivity index (χ2v) is 9.15. The van der Waals surface area contributed by atoms with E-state index in [9.17, 15) is 0 Å². The third kappa shape index (κ3) is 4.52. The fourth-order valence-corrected chi connectivity index (χ4v) is 4.64. The molecule has 2 unspecified atom stereocenters. The van der Waals surface area contributed by atoms with Crippen LogP contribution in [0.25, 0.3) is 0 Å². The van der Waals surface area contributed by atoms with Gasteiger partial charge in [0, 0.05) is 5.92 Å². The Hall–Kier alpha value is -1.04. The smallest absolute Gasteiger partial charge is 0.00591 e. The summed E-state index contributed by atoms with van der Waals surface area (Å²) in [6.07, 6.45) is 10.4. The summed E-state index contributed by atoms with van der Waals surface area (Å²) in [4.78, 5) is 0. The van der Waals surface area contributed by atoms with Gasteiger partial charge < -0.3 is 0 Å². The molecule has 134 valence electrons. The molecule has 0 heterocycles. The van der Waals surface area contributed by atoms with E-state index in [1.807, 2.05) is 0 Å². The molecule has 0 heteroatoms. The van der Waals surface area contributed by atoms with Gasteiger partial charge in [-0.1, -0.05) is 64.3 Å². The maximum Gasteiger partial charge on any atom is 0.00591 e. The Morgan fingerprint density at radius 3 is 2.17 bits per heavy atom. The van der Waals surface area contributed by atoms with Crippen LogP contribution in [-0.2, 0) is 6.42 Å². The van der Waals surface area contributed by atoms with Crippen molar-refractivity contribution in [1.82, 2.24) is 0 Å². The molecular weight excluding hydrogens is 288 g/mol. The number of hydrogen-bond acceptors (Lipinski definition) is 0. The van der Waals surface area contributed by atoms with E-state index in [0.29, 0.717) is 11.3 Å². The van der Waals surface area contributed by atoms with Crippen LogP contribution >= 0.6 is 0 Å². The zero-order valence-corrected chi connectivity index (χ0v) is 17.1. The van der Waals surface area contributed by atoms with Crippen molar-refractivity contribution < 1.29 is 0 Å². The second-order valence-electron chi connectivity index (χ2n) is 9.15. The topological polar surface area (TPSA) is 0 Å². The van der Waals surface area contributed by atoms with Gasteiger partial charge >= 0.3 is 0 Å². The zero-order chi connectivity index (χ0) is 17.9. The third-order valence-electron chi connectivity index (χ3n) is 5.92. The van der Waals surface area contributed by atoms with Crippen molar-refractivity contribution >= 4 is 0 Å². The van der Waals surface area contributed by atoms with Crippen molar-refractivity contribution in [2.24, 2.45) is 11.3 Å². The summed E-state index contributed by atoms with van der Waals surface area (Å²) in [7, 11) is 0. The van der Waals surface area contributed by atoms with Crippen LogP contribution in [0.1, 0.15) is 94.9 Å². The number of allylic oxidation sites excluding steroid dienone is 2. The molecule has 0 aliphatic heterocycles. The lowest BCUT2D eigenvalue weighted by molar-refractivity contribution is 0.197. The van der Waals surface area contributed by atoms with Gasteiger partial charge in [-0.2, -0.15) is 0 Å². The maximum absolute atomic E-state index is 2.57. The maximum atomic E-state index is 2.57. The Bertz CT molecular complexity index is 560. The van der Waals surface area contributed by atoms with Gasteiger partial charge in [0.2, 0.25) is 0 Å². The average Bonchev–Trinajstić information content (AvgIpc) is 2.45. The molecular formula is C24H38. The highest BCUT2D eigenvalue weighted by Gasteiger charge is 2.35. The summed E-state index contributed by atoms with van der Waals surface area (Å²) in [5.41, 5.74) is 8.09. The molecule has 0 saturated heterocycles. The minimum absolute atomic E-state index is 0.362. The third-order valence-corrected chi connectivity index (χ3v) is 5.92. The van der Waals surface area contributed by atoms with Gasteiger partial charge in [-0.05, 0) is 80.0 Å². The Balaban J connectivity index is 2.36. The minimum atomic E-state index is 0.362. The van der Waals surface area contributed by atoms with Crippen LogP contribution in [0.2, 0.25) is 0 Å². The van der Waals surface area contributed by atoms with Crippen molar-refractivity contribution in [2.45, 2.75) is 92.9 Å². The zero-order valence-electron chi connectivity index (χ0n) is 17.1. The molecule has 0 amide bonds. The first-order valence-corrected chi connectivity index (χ1v) is 10.0. The number of rotatable bonds is 5. The van der Waals surface area contributed by atoms with E-state index < -0.39 is 0 Å². The lowest BCUT2D eigenvalue weighted by Gasteiger charge is -2.40. The van der Waals surface area contributed by atoms with Crippen LogP contribution in [-0.4, -0.2) is 0 Å². The molecule has 0 bridgehead atoms. The van der Waals surface area contributed by atoms with Crippen LogP contribution in [0, 0.1) is 25.2 Å². The molecule has 0 fully saturated rings. The second kappa shape index (κ2) is 7.89. The van der Waals surface area contributed by atoms with Gasteiger partial charge in [0.05, 0.1) is 0 Å². The van der Waals surface area contributed by atoms with Crippen molar-refractivity contribution in [3.63, 3.8) is 0 Å². The lowest BCUT2D eigenvalue weighted by atomic mass is 9.64. The van der Waals surface area contributed by atoms with E-state index in [2.05, 4.69) is 66.7 Å². The molecule has 1 aliphatic rings. The van der Waals surface area contributed by atoms with Gasteiger partial charge in [0.1, 0.15) is 0 Å². The molecule has 1 aromatic rings. The molecule has 0 saturated carbocycles. The van der Waals surface area contributed by atoms with Crippen molar-refractivity contribution in [1.29, 1.82) is 0 Å². The number of benzene rings is 1. The Morgan fingerprint density at radius 1 is 1.00 bits per heavy atom. The normalized spacial score (nSPS) is 21.7. The summed E-state index contributed by atoms with van der Waals surface area (Å²) >= 11 is 0. The summed E-state index contributed by atoms with van der Waals surface area (Å²) < 4.78 is 0. The molecule has 2 atom stereocenters. The molecule has 0 N–H and O–H groups in total. The number of unbranched alkanes of at least 4 members (excludes halogenated alkanes) is 2. The summed E-state index contributed by atoms with van der Waals surface area (Å²) in [5.74, 6) is 1.33. The number of aryl methyl sites for hydroxylation is 3. The SMILES string of the molecule is CCCCCc1cc(C)c(C2C=C(C)CCC2C(C)(C)C)c(C)c1. The predicted octanol–water partition coefficient (Wildman–Crippen LogP) is 7.52. The van der Waals surface area contributed by atoms with Crippen LogP contribution in [0.5, 0.6) is 0 Å². The molecule has 1 aromatic carbocycles. The van der Waals surface area contributed by atoms with E-state index in [1.54, 1.807) is 11.1 Å². The van der Waals surface area contributed by atoms with E-state index in [4.69, 9.17) is 0 Å². The average molecular weight is 327 g/mol. The van der Waals surface area contributed by atoms with Crippen molar-refractivity contribution in [3.8, 4) is 0 Å². The first-order valence-electron chi connectivity index (χ1n) is 10.0. The van der Waals surface area contributed by atoms with Gasteiger partial charge in [0.25, 0.3) is 0 Å². The van der Waals surface area contributed by atoms with Gasteiger partial charge in [0.15, 0.2) is 0 Å². The Labute approximate surface area is 150 Å². The van der Waals surface area contributed by atoms with Crippen LogP contribution in [0.15, 0.2) is 23.8 Å². The Morgan fingerprint density at radius 2 is 1.62 bits per heavy atom. The van der Waals surface area contributed by atoms with Gasteiger partial charge in [-0.25, -0.2) is 0 Å². The number of hydrogen-bond donors (Lipinski definition) is 0. The molecule has 0 spiro atoms. The molecule has 0 radical (unpaired) electrons. The summed E-state index contributed by atoms with van der Waals surface area (Å²) in [5, 5.41) is 0. The standard InChI is InChI=1S/C24H38/c1-8-9-10-11-20-15-18(3)23(19(4)16-20)21-14-17(2)12-13-22(21)24(5,6)7/h14-16,21-22H,8-13H2,1-7H3. The summed E-state index contributed by atoms with van der Waals surface area (Å²) in [6, 6.07) is 4.94. The molecule has 1 aliphatic carbocycles. The predicted molar refractivity (Wildman–Crippen MR) is 108 cm³/mol. The molecule has 0 aromatic heterocycles. The van der Waals surface area contributed by atoms with Crippen LogP contribution in [0.3, 0.4) is 0 Å². The highest BCUT2D eigenvalue weighted by molar-refractivity contribution is 5.43. The van der Waals surface area contributed by atoms with Gasteiger partial charge in [-0.3, -0.25) is 0 Å². The first-order chi connectivity index (χ1) is 11.2. The fraction of sp³-hybridized carbons (Fsp3) is 0.667. The fourth-order valence-electron chi connectivity index (χ4n) is 4.64. The van der Waals surface area contributed by atoms with Crippen molar-refractivity contribution in [3.05, 3.63) is 46.0 Å². The summed E-state index contributed by atoms with van der Waals surface area (Å²) in [6.45, 7) is 16.5. The molecule has 24 heavy (non-hydrogen) atoms. The largest absolute Gasteiger partial charge is 0.0778 e. The van der Waals surface area contributed by atoms with E-state index in [1.165, 1.54) is 55.2 Å². The lowest BCUT2D eigenvalue weighted by Crippen LogP contribution is -2.29. The highest BCUT2D eigenvalue weighted by atomic mass is 14.4. The van der Waals surface area contributed by atoms with Crippen LogP contribution < -0.4 is 0 Å². The highest BCUT2D eigenvalue weighted by Crippen LogP contribution is 2.47. The van der Waals surface area contributed by atoms with E-state index in [0.717, 1.165) is 5.92 Å². The van der Waals surface area contributed by atoms with Gasteiger partial charge in [-0.15, -0.1) is 0 Å². The molecule has 0 nitrogen and oxygen atoms in total. The van der Waals surface area contributed by atoms with E-state index >= 15 is 0 Å². The Kier molecular flexibility index (Phi) is 6.34. The monoisotopic (exact) mass is 326 g/mol. The van der Waals surface area contributed by atoms with Crippen LogP contribution in [0.4, 0.5) is 0 Å². The van der Waals surface area contributed by atoms with E-state index in [-0.39, 0.29) is 0 Å². The molecule has 2 rings (SSSR count). The quantitative estimate of drug-likeness (QED) is 0.387. The van der Waals surface area contributed by atoms with Crippen molar-refractivity contribution in [2.75, 3.05) is 0 Å². The first kappa shape index (κ1) is 19.3.